The van der Waals surface area contributed by atoms with Crippen molar-refractivity contribution in [3.05, 3.63) is 29.8 Å². The highest BCUT2D eigenvalue weighted by Gasteiger charge is 2.16. The van der Waals surface area contributed by atoms with Crippen molar-refractivity contribution in [3.63, 3.8) is 0 Å². The average molecular weight is 248 g/mol. The molecule has 0 aromatic heterocycles. The third kappa shape index (κ3) is 3.39. The van der Waals surface area contributed by atoms with Gasteiger partial charge in [0.1, 0.15) is 5.75 Å². The van der Waals surface area contributed by atoms with Gasteiger partial charge in [0, 0.05) is 19.6 Å². The van der Waals surface area contributed by atoms with E-state index in [4.69, 9.17) is 4.74 Å². The molecule has 1 saturated heterocycles. The van der Waals surface area contributed by atoms with Crippen molar-refractivity contribution in [2.75, 3.05) is 26.7 Å². The highest BCUT2D eigenvalue weighted by molar-refractivity contribution is 5.74. The topological polar surface area (TPSA) is 41.6 Å². The second-order valence-electron chi connectivity index (χ2n) is 4.53. The Bertz CT molecular complexity index is 401. The number of amides is 2. The first-order chi connectivity index (χ1) is 8.79. The van der Waals surface area contributed by atoms with Gasteiger partial charge in [0.2, 0.25) is 0 Å². The SMILES string of the molecule is COc1cccc(CCNC(=O)N2CCCC2)c1. The normalized spacial score (nSPS) is 14.6. The predicted molar refractivity (Wildman–Crippen MR) is 70.9 cm³/mol. The van der Waals surface area contributed by atoms with Crippen molar-refractivity contribution < 1.29 is 9.53 Å². The molecule has 1 aliphatic rings. The van der Waals surface area contributed by atoms with Crippen molar-refractivity contribution in [2.24, 2.45) is 0 Å². The van der Waals surface area contributed by atoms with Crippen LogP contribution in [0.2, 0.25) is 0 Å². The van der Waals surface area contributed by atoms with Gasteiger partial charge in [-0.1, -0.05) is 12.1 Å². The molecular weight excluding hydrogens is 228 g/mol. The Hall–Kier alpha value is -1.71. The lowest BCUT2D eigenvalue weighted by Gasteiger charge is -2.16. The molecule has 2 amide bonds. The van der Waals surface area contributed by atoms with Crippen molar-refractivity contribution >= 4 is 6.03 Å². The zero-order chi connectivity index (χ0) is 12.8. The molecule has 2 rings (SSSR count). The molecule has 0 bridgehead atoms. The molecule has 1 aromatic carbocycles. The van der Waals surface area contributed by atoms with E-state index in [0.717, 1.165) is 38.1 Å². The number of nitrogens with zero attached hydrogens (tertiary/aromatic N) is 1. The van der Waals surface area contributed by atoms with E-state index in [9.17, 15) is 4.79 Å². The maximum atomic E-state index is 11.7. The molecule has 0 atom stereocenters. The lowest BCUT2D eigenvalue weighted by atomic mass is 10.1. The highest BCUT2D eigenvalue weighted by Crippen LogP contribution is 2.12. The number of hydrogen-bond donors (Lipinski definition) is 1. The summed E-state index contributed by atoms with van der Waals surface area (Å²) in [5.74, 6) is 0.860. The summed E-state index contributed by atoms with van der Waals surface area (Å²) < 4.78 is 5.17. The number of carbonyl (C=O) groups is 1. The Morgan fingerprint density at radius 1 is 1.39 bits per heavy atom. The van der Waals surface area contributed by atoms with Gasteiger partial charge in [-0.25, -0.2) is 4.79 Å². The van der Waals surface area contributed by atoms with Gasteiger partial charge >= 0.3 is 6.03 Å². The second kappa shape index (κ2) is 6.28. The van der Waals surface area contributed by atoms with Crippen LogP contribution in [0.4, 0.5) is 4.79 Å². The molecule has 1 fully saturated rings. The summed E-state index contributed by atoms with van der Waals surface area (Å²) >= 11 is 0. The molecule has 0 saturated carbocycles. The van der Waals surface area contributed by atoms with Crippen LogP contribution in [0, 0.1) is 0 Å². The first kappa shape index (κ1) is 12.7. The number of nitrogens with one attached hydrogen (secondary N) is 1. The molecular formula is C14H20N2O2. The van der Waals surface area contributed by atoms with E-state index in [2.05, 4.69) is 5.32 Å². The van der Waals surface area contributed by atoms with Crippen LogP contribution < -0.4 is 10.1 Å². The van der Waals surface area contributed by atoms with Gasteiger partial charge in [-0.05, 0) is 37.0 Å². The largest absolute Gasteiger partial charge is 0.497 e. The van der Waals surface area contributed by atoms with Gasteiger partial charge < -0.3 is 15.0 Å². The molecule has 98 valence electrons. The molecule has 0 radical (unpaired) electrons. The molecule has 1 aliphatic heterocycles. The number of methoxy groups -OCH3 is 1. The minimum Gasteiger partial charge on any atom is -0.497 e. The molecule has 1 heterocycles. The number of benzene rings is 1. The lowest BCUT2D eigenvalue weighted by Crippen LogP contribution is -2.38. The molecule has 1 N–H and O–H groups in total. The summed E-state index contributed by atoms with van der Waals surface area (Å²) in [6, 6.07) is 8.00. The van der Waals surface area contributed by atoms with Crippen LogP contribution in [-0.4, -0.2) is 37.7 Å². The van der Waals surface area contributed by atoms with Gasteiger partial charge in [0.05, 0.1) is 7.11 Å². The van der Waals surface area contributed by atoms with Crippen LogP contribution in [-0.2, 0) is 6.42 Å². The van der Waals surface area contributed by atoms with Crippen LogP contribution in [0.3, 0.4) is 0 Å². The van der Waals surface area contributed by atoms with Gasteiger partial charge in [0.25, 0.3) is 0 Å². The number of hydrogen-bond acceptors (Lipinski definition) is 2. The molecule has 4 nitrogen and oxygen atoms in total. The summed E-state index contributed by atoms with van der Waals surface area (Å²) in [7, 11) is 1.66. The van der Waals surface area contributed by atoms with E-state index in [1.807, 2.05) is 29.2 Å². The van der Waals surface area contributed by atoms with E-state index in [1.54, 1.807) is 7.11 Å². The third-order valence-electron chi connectivity index (χ3n) is 3.22. The maximum Gasteiger partial charge on any atom is 0.317 e. The van der Waals surface area contributed by atoms with E-state index in [-0.39, 0.29) is 6.03 Å². The minimum absolute atomic E-state index is 0.0652. The zero-order valence-electron chi connectivity index (χ0n) is 10.8. The molecule has 4 heteroatoms. The van der Waals surface area contributed by atoms with Crippen molar-refractivity contribution in [1.29, 1.82) is 0 Å². The van der Waals surface area contributed by atoms with Crippen LogP contribution >= 0.6 is 0 Å². The number of rotatable bonds is 4. The summed E-state index contributed by atoms with van der Waals surface area (Å²) in [6.07, 6.45) is 3.09. The summed E-state index contributed by atoms with van der Waals surface area (Å²) in [5.41, 5.74) is 1.18. The number of ether oxygens (including phenoxy) is 1. The maximum absolute atomic E-state index is 11.7. The number of carbonyl (C=O) groups excluding carboxylic acids is 1. The van der Waals surface area contributed by atoms with E-state index in [1.165, 1.54) is 5.56 Å². The molecule has 1 aromatic rings. The van der Waals surface area contributed by atoms with Crippen LogP contribution in [0.25, 0.3) is 0 Å². The van der Waals surface area contributed by atoms with Crippen LogP contribution in [0.5, 0.6) is 5.75 Å². The summed E-state index contributed by atoms with van der Waals surface area (Å²) in [4.78, 5) is 13.6. The first-order valence-corrected chi connectivity index (χ1v) is 6.45. The Balaban J connectivity index is 1.75. The zero-order valence-corrected chi connectivity index (χ0v) is 10.8. The van der Waals surface area contributed by atoms with E-state index < -0.39 is 0 Å². The molecule has 0 aliphatic carbocycles. The second-order valence-corrected chi connectivity index (χ2v) is 4.53. The van der Waals surface area contributed by atoms with Crippen molar-refractivity contribution in [1.82, 2.24) is 10.2 Å². The third-order valence-corrected chi connectivity index (χ3v) is 3.22. The van der Waals surface area contributed by atoms with E-state index in [0.29, 0.717) is 6.54 Å². The van der Waals surface area contributed by atoms with Crippen LogP contribution in [0.1, 0.15) is 18.4 Å². The molecule has 0 unspecified atom stereocenters. The van der Waals surface area contributed by atoms with Gasteiger partial charge in [0.15, 0.2) is 0 Å². The Kier molecular flexibility index (Phi) is 4.45. The fraction of sp³-hybridized carbons (Fsp3) is 0.500. The number of urea groups is 1. The van der Waals surface area contributed by atoms with Gasteiger partial charge in [-0.2, -0.15) is 0 Å². The molecule has 0 spiro atoms. The average Bonchev–Trinajstić information content (AvgIpc) is 2.93. The summed E-state index contributed by atoms with van der Waals surface area (Å²) in [6.45, 7) is 2.46. The van der Waals surface area contributed by atoms with Crippen molar-refractivity contribution in [3.8, 4) is 5.75 Å². The van der Waals surface area contributed by atoms with Crippen molar-refractivity contribution in [2.45, 2.75) is 19.3 Å². The Morgan fingerprint density at radius 3 is 2.89 bits per heavy atom. The van der Waals surface area contributed by atoms with Gasteiger partial charge in [-0.3, -0.25) is 0 Å². The first-order valence-electron chi connectivity index (χ1n) is 6.45. The van der Waals surface area contributed by atoms with Gasteiger partial charge in [-0.15, -0.1) is 0 Å². The quantitative estimate of drug-likeness (QED) is 0.886. The predicted octanol–water partition coefficient (Wildman–Crippen LogP) is 2.04. The van der Waals surface area contributed by atoms with Crippen LogP contribution in [0.15, 0.2) is 24.3 Å². The Labute approximate surface area is 108 Å². The number of likely N-dealkylation sites (tertiary alicyclic amines) is 1. The summed E-state index contributed by atoms with van der Waals surface area (Å²) in [5, 5.41) is 2.96. The minimum atomic E-state index is 0.0652. The molecule has 18 heavy (non-hydrogen) atoms. The smallest absolute Gasteiger partial charge is 0.317 e. The van der Waals surface area contributed by atoms with E-state index >= 15 is 0 Å². The fourth-order valence-corrected chi connectivity index (χ4v) is 2.17. The Morgan fingerprint density at radius 2 is 2.17 bits per heavy atom. The lowest BCUT2D eigenvalue weighted by molar-refractivity contribution is 0.209. The fourth-order valence-electron chi connectivity index (χ4n) is 2.17. The standard InChI is InChI=1S/C14H20N2O2/c1-18-13-6-4-5-12(11-13)7-8-15-14(17)16-9-2-3-10-16/h4-6,11H,2-3,7-10H2,1H3,(H,15,17). The highest BCUT2D eigenvalue weighted by atomic mass is 16.5. The monoisotopic (exact) mass is 248 g/mol.